The zero-order chi connectivity index (χ0) is 21.0. The quantitative estimate of drug-likeness (QED) is 0.532. The van der Waals surface area contributed by atoms with Gasteiger partial charge in [0.15, 0.2) is 11.2 Å². The van der Waals surface area contributed by atoms with Crippen molar-refractivity contribution in [2.45, 2.75) is 46.7 Å². The summed E-state index contributed by atoms with van der Waals surface area (Å²) in [5.74, 6) is 0.190. The van der Waals surface area contributed by atoms with Crippen LogP contribution in [0.5, 0.6) is 0 Å². The molecule has 8 heteroatoms. The van der Waals surface area contributed by atoms with Crippen molar-refractivity contribution in [3.05, 3.63) is 67.9 Å². The molecule has 152 valence electrons. The molecule has 0 fully saturated rings. The molecule has 1 aromatic carbocycles. The standard InChI is InChI=1S/C21H24FN5O2/c1-6-12(2)26-13(3)14(4)27-17-18(23-20(26)27)24(5)21(29)25(19(17)28)11-15-9-7-8-10-16(15)22/h7-10,12H,6,11H2,1-5H3. The van der Waals surface area contributed by atoms with Gasteiger partial charge in [-0.05, 0) is 33.3 Å². The van der Waals surface area contributed by atoms with Crippen molar-refractivity contribution in [3.63, 3.8) is 0 Å². The van der Waals surface area contributed by atoms with Crippen LogP contribution in [-0.2, 0) is 13.6 Å². The summed E-state index contributed by atoms with van der Waals surface area (Å²) in [7, 11) is 1.59. The van der Waals surface area contributed by atoms with E-state index < -0.39 is 17.1 Å². The Hall–Kier alpha value is -3.16. The van der Waals surface area contributed by atoms with E-state index >= 15 is 0 Å². The van der Waals surface area contributed by atoms with Crippen molar-refractivity contribution < 1.29 is 4.39 Å². The van der Waals surface area contributed by atoms with Gasteiger partial charge in [-0.3, -0.25) is 18.3 Å². The van der Waals surface area contributed by atoms with Crippen molar-refractivity contribution in [3.8, 4) is 0 Å². The van der Waals surface area contributed by atoms with E-state index in [1.165, 1.54) is 10.6 Å². The van der Waals surface area contributed by atoms with Crippen LogP contribution >= 0.6 is 0 Å². The highest BCUT2D eigenvalue weighted by Gasteiger charge is 2.24. The normalized spacial score (nSPS) is 12.9. The van der Waals surface area contributed by atoms with Gasteiger partial charge in [-0.25, -0.2) is 9.18 Å². The second-order valence-electron chi connectivity index (χ2n) is 7.54. The molecule has 1 atom stereocenters. The van der Waals surface area contributed by atoms with Crippen molar-refractivity contribution >= 4 is 16.9 Å². The second kappa shape index (κ2) is 6.72. The third-order valence-electron chi connectivity index (χ3n) is 5.88. The summed E-state index contributed by atoms with van der Waals surface area (Å²) in [6.07, 6.45) is 0.907. The lowest BCUT2D eigenvalue weighted by molar-refractivity contribution is 0.532. The predicted octanol–water partition coefficient (Wildman–Crippen LogP) is 2.92. The number of hydrogen-bond acceptors (Lipinski definition) is 3. The molecule has 3 heterocycles. The first-order chi connectivity index (χ1) is 13.8. The van der Waals surface area contributed by atoms with Crippen LogP contribution in [0.4, 0.5) is 4.39 Å². The minimum Gasteiger partial charge on any atom is -0.311 e. The summed E-state index contributed by atoms with van der Waals surface area (Å²) in [6.45, 7) is 8.00. The summed E-state index contributed by atoms with van der Waals surface area (Å²) in [5, 5.41) is 0. The second-order valence-corrected chi connectivity index (χ2v) is 7.54. The van der Waals surface area contributed by atoms with E-state index in [1.54, 1.807) is 25.2 Å². The van der Waals surface area contributed by atoms with E-state index in [9.17, 15) is 14.0 Å². The van der Waals surface area contributed by atoms with E-state index in [1.807, 2.05) is 18.2 Å². The number of nitrogens with zero attached hydrogens (tertiary/aromatic N) is 5. The predicted molar refractivity (Wildman–Crippen MR) is 110 cm³/mol. The fourth-order valence-corrected chi connectivity index (χ4v) is 3.92. The van der Waals surface area contributed by atoms with Crippen LogP contribution < -0.4 is 11.2 Å². The fourth-order valence-electron chi connectivity index (χ4n) is 3.92. The molecule has 0 spiro atoms. The summed E-state index contributed by atoms with van der Waals surface area (Å²) >= 11 is 0. The van der Waals surface area contributed by atoms with Gasteiger partial charge in [-0.1, -0.05) is 25.1 Å². The minimum atomic E-state index is -0.518. The molecule has 0 aliphatic carbocycles. The zero-order valence-electron chi connectivity index (χ0n) is 17.2. The lowest BCUT2D eigenvalue weighted by Crippen LogP contribution is -2.39. The van der Waals surface area contributed by atoms with Crippen molar-refractivity contribution in [2.24, 2.45) is 7.05 Å². The first-order valence-electron chi connectivity index (χ1n) is 9.70. The van der Waals surface area contributed by atoms with Gasteiger partial charge in [0.05, 0.1) is 6.54 Å². The third kappa shape index (κ3) is 2.66. The molecular formula is C21H24FN5O2. The molecule has 0 aliphatic rings. The Labute approximate surface area is 166 Å². The molecule has 4 aromatic rings. The zero-order valence-corrected chi connectivity index (χ0v) is 17.2. The molecule has 29 heavy (non-hydrogen) atoms. The molecule has 0 radical (unpaired) electrons. The first-order valence-corrected chi connectivity index (χ1v) is 9.70. The smallest absolute Gasteiger partial charge is 0.311 e. The van der Waals surface area contributed by atoms with Gasteiger partial charge in [0.25, 0.3) is 5.56 Å². The molecule has 0 amide bonds. The number of fused-ring (bicyclic) bond motifs is 3. The molecule has 7 nitrogen and oxygen atoms in total. The highest BCUT2D eigenvalue weighted by atomic mass is 19.1. The van der Waals surface area contributed by atoms with Crippen molar-refractivity contribution in [1.82, 2.24) is 23.1 Å². The van der Waals surface area contributed by atoms with E-state index in [2.05, 4.69) is 23.4 Å². The summed E-state index contributed by atoms with van der Waals surface area (Å²) in [6, 6.07) is 6.35. The lowest BCUT2D eigenvalue weighted by Gasteiger charge is -2.13. The van der Waals surface area contributed by atoms with Crippen LogP contribution in [-0.4, -0.2) is 23.1 Å². The van der Waals surface area contributed by atoms with E-state index in [0.29, 0.717) is 16.9 Å². The fraction of sp³-hybridized carbons (Fsp3) is 0.381. The van der Waals surface area contributed by atoms with Crippen LogP contribution in [0.15, 0.2) is 33.9 Å². The van der Waals surface area contributed by atoms with Crippen LogP contribution in [0.25, 0.3) is 16.9 Å². The van der Waals surface area contributed by atoms with E-state index in [-0.39, 0.29) is 18.2 Å². The third-order valence-corrected chi connectivity index (χ3v) is 5.88. The number of benzene rings is 1. The molecule has 0 aliphatic heterocycles. The summed E-state index contributed by atoms with van der Waals surface area (Å²) in [4.78, 5) is 30.9. The lowest BCUT2D eigenvalue weighted by atomic mass is 10.2. The van der Waals surface area contributed by atoms with E-state index in [0.717, 1.165) is 22.4 Å². The maximum atomic E-state index is 14.1. The first kappa shape index (κ1) is 19.2. The Morgan fingerprint density at radius 3 is 2.48 bits per heavy atom. The van der Waals surface area contributed by atoms with Gasteiger partial charge in [-0.15, -0.1) is 0 Å². The highest BCUT2D eigenvalue weighted by molar-refractivity contribution is 5.76. The summed E-state index contributed by atoms with van der Waals surface area (Å²) in [5.41, 5.74) is 1.89. The number of imidazole rings is 2. The van der Waals surface area contributed by atoms with Gasteiger partial charge in [0.2, 0.25) is 5.78 Å². The molecule has 0 bridgehead atoms. The van der Waals surface area contributed by atoms with Crippen molar-refractivity contribution in [2.75, 3.05) is 0 Å². The van der Waals surface area contributed by atoms with Gasteiger partial charge >= 0.3 is 5.69 Å². The highest BCUT2D eigenvalue weighted by Crippen LogP contribution is 2.25. The average Bonchev–Trinajstić information content (AvgIpc) is 3.20. The Kier molecular flexibility index (Phi) is 4.44. The molecule has 0 saturated carbocycles. The van der Waals surface area contributed by atoms with Gasteiger partial charge < -0.3 is 4.57 Å². The number of halogens is 1. The van der Waals surface area contributed by atoms with Gasteiger partial charge in [-0.2, -0.15) is 4.98 Å². The number of rotatable bonds is 4. The van der Waals surface area contributed by atoms with Gasteiger partial charge in [0.1, 0.15) is 5.82 Å². The molecule has 0 saturated heterocycles. The summed E-state index contributed by atoms with van der Waals surface area (Å²) < 4.78 is 20.5. The Bertz CT molecular complexity index is 1370. The average molecular weight is 397 g/mol. The maximum Gasteiger partial charge on any atom is 0.332 e. The van der Waals surface area contributed by atoms with Crippen LogP contribution in [0.2, 0.25) is 0 Å². The molecule has 0 N–H and O–H groups in total. The maximum absolute atomic E-state index is 14.1. The van der Waals surface area contributed by atoms with Gasteiger partial charge in [0, 0.05) is 30.0 Å². The minimum absolute atomic E-state index is 0.133. The molecule has 3 aromatic heterocycles. The molecule has 1 unspecified atom stereocenters. The Morgan fingerprint density at radius 2 is 1.83 bits per heavy atom. The number of aryl methyl sites for hydroxylation is 2. The van der Waals surface area contributed by atoms with Crippen LogP contribution in [0.3, 0.4) is 0 Å². The molecule has 4 rings (SSSR count). The van der Waals surface area contributed by atoms with Crippen LogP contribution in [0, 0.1) is 19.7 Å². The monoisotopic (exact) mass is 397 g/mol. The number of aromatic nitrogens is 5. The van der Waals surface area contributed by atoms with Crippen molar-refractivity contribution in [1.29, 1.82) is 0 Å². The largest absolute Gasteiger partial charge is 0.332 e. The Morgan fingerprint density at radius 1 is 1.14 bits per heavy atom. The SMILES string of the molecule is CCC(C)n1c(C)c(C)n2c3c(=O)n(Cc4ccccc4F)c(=O)n(C)c3nc12. The topological polar surface area (TPSA) is 66.2 Å². The van der Waals surface area contributed by atoms with Crippen LogP contribution in [0.1, 0.15) is 43.3 Å². The Balaban J connectivity index is 2.09. The molecular weight excluding hydrogens is 373 g/mol. The number of hydrogen-bond donors (Lipinski definition) is 0. The van der Waals surface area contributed by atoms with E-state index in [4.69, 9.17) is 0 Å².